The van der Waals surface area contributed by atoms with Gasteiger partial charge in [0.15, 0.2) is 17.5 Å². The van der Waals surface area contributed by atoms with Crippen molar-refractivity contribution in [2.45, 2.75) is 109 Å². The number of nitrogens with two attached hydrogens (primary N) is 1. The molecule has 6 rings (SSSR count). The summed E-state index contributed by atoms with van der Waals surface area (Å²) in [5.74, 6) is -5.36. The first kappa shape index (κ1) is 38.3. The number of aliphatic hydroxyl groups excluding tert-OH is 1. The van der Waals surface area contributed by atoms with Crippen molar-refractivity contribution in [3.63, 3.8) is 0 Å². The van der Waals surface area contributed by atoms with Gasteiger partial charge in [-0.05, 0) is 42.7 Å². The molecule has 2 bridgehead atoms. The first-order valence-corrected chi connectivity index (χ1v) is 17.8. The molecule has 1 heterocycles. The fraction of sp³-hybridized carbons (Fsp3) is 0.525. The summed E-state index contributed by atoms with van der Waals surface area (Å²) in [6.45, 7) is 8.38. The lowest BCUT2D eigenvalue weighted by Crippen LogP contribution is -2.82. The Bertz CT molecular complexity index is 1830. The van der Waals surface area contributed by atoms with Crippen LogP contribution in [0.3, 0.4) is 0 Å². The van der Waals surface area contributed by atoms with Crippen molar-refractivity contribution >= 4 is 29.7 Å². The van der Waals surface area contributed by atoms with E-state index in [0.29, 0.717) is 11.1 Å². The van der Waals surface area contributed by atoms with Gasteiger partial charge in [-0.15, -0.1) is 0 Å². The Balaban J connectivity index is 1.57. The summed E-state index contributed by atoms with van der Waals surface area (Å²) in [4.78, 5) is 68.6. The second-order valence-corrected chi connectivity index (χ2v) is 15.5. The molecule has 4 aliphatic rings. The molecule has 2 aromatic rings. The molecule has 0 aromatic heterocycles. The van der Waals surface area contributed by atoms with Crippen LogP contribution >= 0.6 is 0 Å². The zero-order valence-electron chi connectivity index (χ0n) is 30.7. The van der Waals surface area contributed by atoms with Gasteiger partial charge in [-0.3, -0.25) is 19.2 Å². The van der Waals surface area contributed by atoms with E-state index in [1.807, 2.05) is 6.07 Å². The van der Waals surface area contributed by atoms with Crippen LogP contribution in [0.5, 0.6) is 0 Å². The fourth-order valence-corrected chi connectivity index (χ4v) is 9.22. The minimum Gasteiger partial charge on any atom is -0.458 e. The molecule has 13 heteroatoms. The first-order valence-electron chi connectivity index (χ1n) is 17.8. The molecule has 0 unspecified atom stereocenters. The summed E-state index contributed by atoms with van der Waals surface area (Å²) in [6.07, 6.45) is -7.80. The van der Waals surface area contributed by atoms with E-state index in [-0.39, 0.29) is 37.0 Å². The molecule has 0 spiro atoms. The Labute approximate surface area is 307 Å². The molecule has 3 aliphatic carbocycles. The number of fused-ring (bicyclic) bond motifs is 5. The molecule has 13 nitrogen and oxygen atoms in total. The quantitative estimate of drug-likeness (QED) is 0.203. The average molecular weight is 734 g/mol. The minimum atomic E-state index is -2.23. The standard InChI is InChI=1S/C40H47NO12/c1-21-27(51-30(45)17-26(41)24-13-9-7-10-14-24)19-40(48)35(52-36(47)25-15-11-8-12-16-25)33-38(6,28(44)18-29-39(33,20-49-29)53-23(3)43)34(46)32(50-22(2)42)31(21)37(40,4)5/h7-16,26-29,32-33,35,44,48H,17-20,41H2,1-6H3/t26-,27+,28+,29-,32-,33+,35+,38-,39+,40-/m1/s1. The Morgan fingerprint density at radius 3 is 2.13 bits per heavy atom. The lowest BCUT2D eigenvalue weighted by molar-refractivity contribution is -0.346. The van der Waals surface area contributed by atoms with Gasteiger partial charge in [-0.1, -0.05) is 62.4 Å². The molecular formula is C40H47NO12. The molecule has 10 atom stereocenters. The van der Waals surface area contributed by atoms with Crippen LogP contribution in [0.1, 0.15) is 82.8 Å². The maximum atomic E-state index is 15.3. The highest BCUT2D eigenvalue weighted by molar-refractivity contribution is 5.95. The van der Waals surface area contributed by atoms with Gasteiger partial charge in [-0.2, -0.15) is 0 Å². The van der Waals surface area contributed by atoms with Crippen molar-refractivity contribution in [2.24, 2.45) is 22.5 Å². The molecule has 53 heavy (non-hydrogen) atoms. The predicted octanol–water partition coefficient (Wildman–Crippen LogP) is 3.29. The zero-order chi connectivity index (χ0) is 38.7. The largest absolute Gasteiger partial charge is 0.458 e. The summed E-state index contributed by atoms with van der Waals surface area (Å²) >= 11 is 0. The fourth-order valence-electron chi connectivity index (χ4n) is 9.22. The van der Waals surface area contributed by atoms with E-state index in [1.54, 1.807) is 63.2 Å². The molecule has 1 aliphatic heterocycles. The molecule has 1 saturated heterocycles. The van der Waals surface area contributed by atoms with Crippen LogP contribution in [0, 0.1) is 16.7 Å². The average Bonchev–Trinajstić information content (AvgIpc) is 3.10. The SMILES string of the molecule is CC(=O)O[C@H]1C(=O)[C@@]2(C)[C@H]([C@H](OC(=O)c3ccccc3)[C@]3(O)C[C@H](OC(=O)C[C@@H](N)c4ccccc4)C(C)=C1C3(C)C)[C@]1(OC(C)=O)CO[C@@H]1C[C@@H]2O. The third-order valence-electron chi connectivity index (χ3n) is 12.1. The van der Waals surface area contributed by atoms with Crippen molar-refractivity contribution < 1.29 is 57.9 Å². The molecule has 0 radical (unpaired) electrons. The summed E-state index contributed by atoms with van der Waals surface area (Å²) in [6, 6.07) is 16.3. The van der Waals surface area contributed by atoms with Crippen LogP contribution < -0.4 is 5.73 Å². The molecule has 284 valence electrons. The number of benzene rings is 2. The second-order valence-electron chi connectivity index (χ2n) is 15.5. The number of Topliss-reactive ketones (excluding diaryl/α,β-unsaturated/α-hetero) is 1. The Hall–Kier alpha value is -4.43. The molecular weight excluding hydrogens is 686 g/mol. The predicted molar refractivity (Wildman–Crippen MR) is 187 cm³/mol. The molecule has 2 aromatic carbocycles. The van der Waals surface area contributed by atoms with Gasteiger partial charge in [0.1, 0.15) is 23.9 Å². The number of aliphatic hydroxyl groups is 2. The van der Waals surface area contributed by atoms with Crippen molar-refractivity contribution in [1.29, 1.82) is 0 Å². The number of carbonyl (C=O) groups is 5. The summed E-state index contributed by atoms with van der Waals surface area (Å²) in [7, 11) is 0. The number of hydrogen-bond acceptors (Lipinski definition) is 13. The summed E-state index contributed by atoms with van der Waals surface area (Å²) in [5.41, 5.74) is 0.239. The Morgan fingerprint density at radius 1 is 0.943 bits per heavy atom. The molecule has 4 N–H and O–H groups in total. The third-order valence-corrected chi connectivity index (χ3v) is 12.1. The van der Waals surface area contributed by atoms with Crippen LogP contribution in [0.4, 0.5) is 0 Å². The van der Waals surface area contributed by atoms with Gasteiger partial charge in [-0.25, -0.2) is 4.79 Å². The van der Waals surface area contributed by atoms with Gasteiger partial charge >= 0.3 is 23.9 Å². The van der Waals surface area contributed by atoms with Crippen LogP contribution in [0.15, 0.2) is 71.8 Å². The van der Waals surface area contributed by atoms with Crippen LogP contribution in [0.2, 0.25) is 0 Å². The third kappa shape index (κ3) is 6.17. The smallest absolute Gasteiger partial charge is 0.338 e. The van der Waals surface area contributed by atoms with Crippen molar-refractivity contribution in [3.05, 3.63) is 82.9 Å². The maximum Gasteiger partial charge on any atom is 0.338 e. The Kier molecular flexibility index (Phi) is 9.95. The van der Waals surface area contributed by atoms with E-state index < -0.39 is 94.2 Å². The van der Waals surface area contributed by atoms with Crippen LogP contribution in [-0.4, -0.2) is 88.2 Å². The normalized spacial score (nSPS) is 34.8. The van der Waals surface area contributed by atoms with E-state index in [9.17, 15) is 29.4 Å². The summed E-state index contributed by atoms with van der Waals surface area (Å²) < 4.78 is 30.1. The highest BCUT2D eigenvalue weighted by atomic mass is 16.6. The number of ether oxygens (including phenoxy) is 5. The molecule has 3 fully saturated rings. The van der Waals surface area contributed by atoms with E-state index in [4.69, 9.17) is 29.4 Å². The van der Waals surface area contributed by atoms with Gasteiger partial charge in [0.25, 0.3) is 0 Å². The maximum absolute atomic E-state index is 15.3. The van der Waals surface area contributed by atoms with Gasteiger partial charge < -0.3 is 39.6 Å². The van der Waals surface area contributed by atoms with E-state index >= 15 is 4.79 Å². The Morgan fingerprint density at radius 2 is 1.57 bits per heavy atom. The van der Waals surface area contributed by atoms with Gasteiger partial charge in [0.2, 0.25) is 0 Å². The highest BCUT2D eigenvalue weighted by Crippen LogP contribution is 2.64. The van der Waals surface area contributed by atoms with Crippen molar-refractivity contribution in [1.82, 2.24) is 0 Å². The molecule has 0 amide bonds. The lowest BCUT2D eigenvalue weighted by atomic mass is 9.44. The second kappa shape index (κ2) is 13.8. The van der Waals surface area contributed by atoms with Gasteiger partial charge in [0.05, 0.1) is 36.0 Å². The number of ketones is 1. The monoisotopic (exact) mass is 733 g/mol. The minimum absolute atomic E-state index is 0.123. The number of rotatable bonds is 8. The van der Waals surface area contributed by atoms with E-state index in [0.717, 1.165) is 6.92 Å². The molecule has 2 saturated carbocycles. The number of esters is 4. The van der Waals surface area contributed by atoms with Crippen molar-refractivity contribution in [3.8, 4) is 0 Å². The van der Waals surface area contributed by atoms with E-state index in [1.165, 1.54) is 26.0 Å². The van der Waals surface area contributed by atoms with Crippen LogP contribution in [-0.2, 0) is 42.9 Å². The first-order chi connectivity index (χ1) is 24.9. The van der Waals surface area contributed by atoms with Gasteiger partial charge in [0, 0.05) is 38.1 Å². The zero-order valence-corrected chi connectivity index (χ0v) is 30.7. The van der Waals surface area contributed by atoms with Crippen molar-refractivity contribution in [2.75, 3.05) is 6.61 Å². The summed E-state index contributed by atoms with van der Waals surface area (Å²) in [5, 5.41) is 25.4. The topological polar surface area (TPSA) is 198 Å². The number of hydrogen-bond donors (Lipinski definition) is 3. The lowest BCUT2D eigenvalue weighted by Gasteiger charge is -2.67. The van der Waals surface area contributed by atoms with Crippen LogP contribution in [0.25, 0.3) is 0 Å². The highest BCUT2D eigenvalue weighted by Gasteiger charge is 2.78. The van der Waals surface area contributed by atoms with E-state index in [2.05, 4.69) is 0 Å². The number of carbonyl (C=O) groups excluding carboxylic acids is 5.